The summed E-state index contributed by atoms with van der Waals surface area (Å²) in [6, 6.07) is 9.11. The predicted octanol–water partition coefficient (Wildman–Crippen LogP) is 4.79. The van der Waals surface area contributed by atoms with Crippen LogP contribution >= 0.6 is 34.8 Å². The Labute approximate surface area is 193 Å². The lowest BCUT2D eigenvalue weighted by Gasteiger charge is -2.70. The van der Waals surface area contributed by atoms with Gasteiger partial charge in [-0.05, 0) is 55.2 Å². The summed E-state index contributed by atoms with van der Waals surface area (Å²) in [6.07, 6.45) is 5.09. The maximum absolute atomic E-state index is 13.4. The highest BCUT2D eigenvalue weighted by Crippen LogP contribution is 2.60. The van der Waals surface area contributed by atoms with Crippen LogP contribution in [-0.4, -0.2) is 29.5 Å². The summed E-state index contributed by atoms with van der Waals surface area (Å²) in [5.41, 5.74) is 0.172. The van der Waals surface area contributed by atoms with Gasteiger partial charge in [-0.1, -0.05) is 40.9 Å². The van der Waals surface area contributed by atoms with Crippen LogP contribution in [0.2, 0.25) is 15.1 Å². The van der Waals surface area contributed by atoms with Crippen molar-refractivity contribution in [3.8, 4) is 5.75 Å². The molecule has 0 spiro atoms. The number of benzene rings is 2. The summed E-state index contributed by atoms with van der Waals surface area (Å²) in [6.45, 7) is -0.228. The Morgan fingerprint density at radius 2 is 1.65 bits per heavy atom. The number of hydrogen-bond acceptors (Lipinski definition) is 3. The van der Waals surface area contributed by atoms with E-state index in [1.807, 2.05) is 0 Å². The molecule has 9 heteroatoms. The summed E-state index contributed by atoms with van der Waals surface area (Å²) < 4.78 is 18.7. The van der Waals surface area contributed by atoms with Crippen LogP contribution in [0.5, 0.6) is 5.75 Å². The van der Waals surface area contributed by atoms with Crippen molar-refractivity contribution in [2.45, 2.75) is 30.3 Å². The van der Waals surface area contributed by atoms with Gasteiger partial charge in [-0.25, -0.2) is 4.39 Å². The van der Waals surface area contributed by atoms with Crippen LogP contribution in [0.4, 0.5) is 4.39 Å². The first-order valence-corrected chi connectivity index (χ1v) is 10.7. The molecule has 2 aromatic carbocycles. The molecule has 3 aliphatic rings. The van der Waals surface area contributed by atoms with Gasteiger partial charge in [-0.2, -0.15) is 0 Å². The van der Waals surface area contributed by atoms with Crippen LogP contribution in [0.25, 0.3) is 6.08 Å². The van der Waals surface area contributed by atoms with Gasteiger partial charge in [0.15, 0.2) is 6.61 Å². The summed E-state index contributed by atoms with van der Waals surface area (Å²) >= 11 is 17.5. The lowest BCUT2D eigenvalue weighted by atomic mass is 9.44. The van der Waals surface area contributed by atoms with E-state index < -0.39 is 5.82 Å². The number of carbonyl (C=O) groups excluding carboxylic acids is 2. The molecule has 0 atom stereocenters. The first kappa shape index (κ1) is 21.9. The van der Waals surface area contributed by atoms with Gasteiger partial charge in [0.05, 0.1) is 15.1 Å². The van der Waals surface area contributed by atoms with Crippen molar-refractivity contribution in [2.24, 2.45) is 0 Å². The zero-order valence-electron chi connectivity index (χ0n) is 16.2. The Kier molecular flexibility index (Phi) is 5.90. The van der Waals surface area contributed by atoms with E-state index in [1.54, 1.807) is 24.3 Å². The standard InChI is InChI=1S/C22H18Cl3FN2O3/c23-15-4-1-13(7-17(15)25)2-6-19(29)27-21-10-22(11-21,12-21)28-20(30)9-31-14-3-5-16(24)18(26)8-14/h1-8H,9-12H2,(H,27,29)(H,28,30)/b6-2+. The lowest BCUT2D eigenvalue weighted by molar-refractivity contribution is -0.148. The fraction of sp³-hybridized carbons (Fsp3) is 0.273. The average Bonchev–Trinajstić information content (AvgIpc) is 2.67. The third kappa shape index (κ3) is 4.81. The third-order valence-electron chi connectivity index (χ3n) is 5.46. The molecule has 0 radical (unpaired) electrons. The second kappa shape index (κ2) is 8.34. The summed E-state index contributed by atoms with van der Waals surface area (Å²) in [5, 5.41) is 6.81. The lowest BCUT2D eigenvalue weighted by Crippen LogP contribution is -2.83. The molecule has 3 fully saturated rings. The molecule has 3 aliphatic carbocycles. The number of amides is 2. The van der Waals surface area contributed by atoms with Crippen molar-refractivity contribution in [3.05, 3.63) is 68.9 Å². The van der Waals surface area contributed by atoms with E-state index in [2.05, 4.69) is 10.6 Å². The highest BCUT2D eigenvalue weighted by Gasteiger charge is 2.69. The minimum Gasteiger partial charge on any atom is -0.484 e. The smallest absolute Gasteiger partial charge is 0.258 e. The molecule has 0 heterocycles. The number of halogens is 4. The van der Waals surface area contributed by atoms with E-state index in [1.165, 1.54) is 18.2 Å². The van der Waals surface area contributed by atoms with Gasteiger partial charge in [-0.3, -0.25) is 9.59 Å². The molecule has 2 aromatic rings. The Balaban J connectivity index is 1.21. The molecular weight excluding hydrogens is 466 g/mol. The quantitative estimate of drug-likeness (QED) is 0.557. The van der Waals surface area contributed by atoms with Crippen molar-refractivity contribution in [1.29, 1.82) is 0 Å². The van der Waals surface area contributed by atoms with Crippen LogP contribution < -0.4 is 15.4 Å². The highest BCUT2D eigenvalue weighted by molar-refractivity contribution is 6.42. The van der Waals surface area contributed by atoms with Crippen LogP contribution in [0, 0.1) is 5.82 Å². The van der Waals surface area contributed by atoms with E-state index in [0.717, 1.165) is 11.6 Å². The minimum absolute atomic E-state index is 0.00942. The normalized spacial score (nSPS) is 23.6. The monoisotopic (exact) mass is 482 g/mol. The van der Waals surface area contributed by atoms with Crippen molar-refractivity contribution < 1.29 is 18.7 Å². The number of rotatable bonds is 7. The van der Waals surface area contributed by atoms with Gasteiger partial charge in [0.1, 0.15) is 11.6 Å². The molecule has 0 aliphatic heterocycles. The number of carbonyl (C=O) groups is 2. The van der Waals surface area contributed by atoms with E-state index in [-0.39, 0.29) is 40.3 Å². The number of ether oxygens (including phenoxy) is 1. The topological polar surface area (TPSA) is 67.4 Å². The zero-order valence-corrected chi connectivity index (χ0v) is 18.5. The second-order valence-corrected chi connectivity index (χ2v) is 9.22. The fourth-order valence-corrected chi connectivity index (χ4v) is 4.62. The highest BCUT2D eigenvalue weighted by atomic mass is 35.5. The van der Waals surface area contributed by atoms with Crippen molar-refractivity contribution >= 4 is 52.7 Å². The first-order chi connectivity index (χ1) is 14.7. The Morgan fingerprint density at radius 1 is 0.968 bits per heavy atom. The summed E-state index contributed by atoms with van der Waals surface area (Å²) in [5.74, 6) is -0.884. The number of hydrogen-bond donors (Lipinski definition) is 2. The van der Waals surface area contributed by atoms with Crippen LogP contribution in [0.3, 0.4) is 0 Å². The van der Waals surface area contributed by atoms with E-state index in [0.29, 0.717) is 29.3 Å². The Hall–Kier alpha value is -2.28. The van der Waals surface area contributed by atoms with Crippen molar-refractivity contribution in [3.63, 3.8) is 0 Å². The van der Waals surface area contributed by atoms with E-state index in [9.17, 15) is 14.0 Å². The van der Waals surface area contributed by atoms with Crippen molar-refractivity contribution in [1.82, 2.24) is 10.6 Å². The maximum Gasteiger partial charge on any atom is 0.258 e. The van der Waals surface area contributed by atoms with E-state index in [4.69, 9.17) is 39.5 Å². The molecule has 2 N–H and O–H groups in total. The second-order valence-electron chi connectivity index (χ2n) is 8.00. The fourth-order valence-electron chi connectivity index (χ4n) is 4.19. The predicted molar refractivity (Wildman–Crippen MR) is 118 cm³/mol. The van der Waals surface area contributed by atoms with Crippen LogP contribution in [0.15, 0.2) is 42.5 Å². The van der Waals surface area contributed by atoms with Gasteiger partial charge in [0.25, 0.3) is 5.91 Å². The summed E-state index contributed by atoms with van der Waals surface area (Å²) in [4.78, 5) is 24.4. The largest absolute Gasteiger partial charge is 0.484 e. The molecule has 2 bridgehead atoms. The van der Waals surface area contributed by atoms with Gasteiger partial charge < -0.3 is 15.4 Å². The van der Waals surface area contributed by atoms with E-state index >= 15 is 0 Å². The van der Waals surface area contributed by atoms with Crippen LogP contribution in [0.1, 0.15) is 24.8 Å². The average molecular weight is 484 g/mol. The molecule has 0 unspecified atom stereocenters. The minimum atomic E-state index is -0.607. The Morgan fingerprint density at radius 3 is 2.32 bits per heavy atom. The zero-order chi connectivity index (χ0) is 22.2. The molecular formula is C22H18Cl3FN2O3. The van der Waals surface area contributed by atoms with Gasteiger partial charge in [0, 0.05) is 23.2 Å². The summed E-state index contributed by atoms with van der Waals surface area (Å²) in [7, 11) is 0. The molecule has 2 amide bonds. The molecule has 0 aromatic heterocycles. The molecule has 5 nitrogen and oxygen atoms in total. The van der Waals surface area contributed by atoms with Gasteiger partial charge in [0.2, 0.25) is 5.91 Å². The molecule has 5 rings (SSSR count). The van der Waals surface area contributed by atoms with Crippen LogP contribution in [-0.2, 0) is 9.59 Å². The first-order valence-electron chi connectivity index (χ1n) is 9.52. The molecule has 162 valence electrons. The molecule has 0 saturated heterocycles. The molecule has 31 heavy (non-hydrogen) atoms. The maximum atomic E-state index is 13.4. The Bertz CT molecular complexity index is 1070. The SMILES string of the molecule is O=C(/C=C/c1ccc(Cl)c(Cl)c1)NC12CC(NC(=O)COc3ccc(Cl)c(F)c3)(C1)C2. The van der Waals surface area contributed by atoms with Gasteiger partial charge in [-0.15, -0.1) is 0 Å². The number of nitrogens with one attached hydrogen (secondary N) is 2. The van der Waals surface area contributed by atoms with Gasteiger partial charge >= 0.3 is 0 Å². The third-order valence-corrected chi connectivity index (χ3v) is 6.50. The van der Waals surface area contributed by atoms with Crippen molar-refractivity contribution in [2.75, 3.05) is 6.61 Å². The molecule has 3 saturated carbocycles.